The number of carbonyl (C=O) groups excluding carboxylic acids is 1. The van der Waals surface area contributed by atoms with Gasteiger partial charge in [0.15, 0.2) is 6.29 Å². The molecule has 0 aliphatic rings. The van der Waals surface area contributed by atoms with Crippen LogP contribution in [-0.4, -0.2) is 42.1 Å². The Hall–Kier alpha value is -1.21. The lowest BCUT2D eigenvalue weighted by molar-refractivity contribution is 0.111. The Kier molecular flexibility index (Phi) is 3.25. The average molecular weight is 231 g/mol. The second-order valence-corrected chi connectivity index (χ2v) is 5.12. The molecule has 1 heterocycles. The Morgan fingerprint density at radius 2 is 2.13 bits per heavy atom. The molecule has 0 aliphatic heterocycles. The molecule has 6 nitrogen and oxygen atoms in total. The Bertz CT molecular complexity index is 461. The molecule has 1 aromatic rings. The number of carbonyl (C=O) groups is 1. The smallest absolute Gasteiger partial charge is 0.296 e. The van der Waals surface area contributed by atoms with Crippen LogP contribution in [0.4, 0.5) is 0 Å². The fraction of sp³-hybridized carbons (Fsp3) is 0.500. The first-order chi connectivity index (χ1) is 6.95. The molecule has 1 rings (SSSR count). The summed E-state index contributed by atoms with van der Waals surface area (Å²) in [6.45, 7) is 1.78. The van der Waals surface area contributed by atoms with Crippen LogP contribution in [0.25, 0.3) is 0 Å². The van der Waals surface area contributed by atoms with E-state index in [-0.39, 0.29) is 5.69 Å². The third-order valence-corrected chi connectivity index (χ3v) is 3.75. The van der Waals surface area contributed by atoms with Crippen molar-refractivity contribution in [2.45, 2.75) is 13.3 Å². The predicted molar refractivity (Wildman–Crippen MR) is 55.0 cm³/mol. The summed E-state index contributed by atoms with van der Waals surface area (Å²) in [5, 5.41) is 0. The van der Waals surface area contributed by atoms with E-state index < -0.39 is 10.2 Å². The summed E-state index contributed by atoms with van der Waals surface area (Å²) in [4.78, 5) is 14.6. The van der Waals surface area contributed by atoms with Crippen molar-refractivity contribution in [3.63, 3.8) is 0 Å². The van der Waals surface area contributed by atoms with Crippen molar-refractivity contribution in [3.8, 4) is 0 Å². The number of aryl methyl sites for hydroxylation is 1. The molecule has 0 amide bonds. The lowest BCUT2D eigenvalue weighted by Gasteiger charge is -2.14. The second-order valence-electron chi connectivity index (χ2n) is 3.13. The second kappa shape index (κ2) is 4.11. The first-order valence-electron chi connectivity index (χ1n) is 4.40. The van der Waals surface area contributed by atoms with Gasteiger partial charge in [-0.1, -0.05) is 6.92 Å². The molecule has 0 aromatic carbocycles. The summed E-state index contributed by atoms with van der Waals surface area (Å²) >= 11 is 0. The molecular weight excluding hydrogens is 218 g/mol. The maximum absolute atomic E-state index is 11.8. The fourth-order valence-electron chi connectivity index (χ4n) is 1.14. The normalized spacial score (nSPS) is 12.0. The van der Waals surface area contributed by atoms with Crippen molar-refractivity contribution >= 4 is 16.5 Å². The van der Waals surface area contributed by atoms with Crippen LogP contribution in [0.15, 0.2) is 6.20 Å². The lowest BCUT2D eigenvalue weighted by Crippen LogP contribution is -2.31. The molecule has 15 heavy (non-hydrogen) atoms. The third-order valence-electron chi connectivity index (χ3n) is 1.94. The zero-order chi connectivity index (χ0) is 11.6. The number of hydrogen-bond acceptors (Lipinski definition) is 4. The van der Waals surface area contributed by atoms with Gasteiger partial charge in [0.1, 0.15) is 11.5 Å². The number of aromatic nitrogens is 2. The van der Waals surface area contributed by atoms with Crippen LogP contribution in [0, 0.1) is 0 Å². The van der Waals surface area contributed by atoms with Crippen LogP contribution >= 0.6 is 0 Å². The lowest BCUT2D eigenvalue weighted by atomic mass is 10.5. The minimum Gasteiger partial charge on any atom is -0.296 e. The maximum atomic E-state index is 11.8. The Balaban J connectivity index is 3.47. The highest BCUT2D eigenvalue weighted by atomic mass is 32.2. The van der Waals surface area contributed by atoms with E-state index in [1.54, 1.807) is 6.92 Å². The standard InChI is InChI=1S/C8H13N3O3S/c1-4-8-9-5-7(6-12)11(8)15(13,14)10(2)3/h5-6H,4H2,1-3H3. The van der Waals surface area contributed by atoms with E-state index in [2.05, 4.69) is 4.98 Å². The van der Waals surface area contributed by atoms with Gasteiger partial charge >= 0.3 is 10.2 Å². The van der Waals surface area contributed by atoms with E-state index in [9.17, 15) is 13.2 Å². The van der Waals surface area contributed by atoms with Crippen LogP contribution in [0.1, 0.15) is 23.2 Å². The van der Waals surface area contributed by atoms with Crippen LogP contribution in [-0.2, 0) is 16.6 Å². The molecule has 0 N–H and O–H groups in total. The molecule has 7 heteroatoms. The zero-order valence-corrected chi connectivity index (χ0v) is 9.65. The first-order valence-corrected chi connectivity index (χ1v) is 5.79. The minimum absolute atomic E-state index is 0.0422. The van der Waals surface area contributed by atoms with Crippen molar-refractivity contribution in [3.05, 3.63) is 17.7 Å². The highest BCUT2D eigenvalue weighted by molar-refractivity contribution is 7.87. The van der Waals surface area contributed by atoms with E-state index >= 15 is 0 Å². The van der Waals surface area contributed by atoms with Gasteiger partial charge < -0.3 is 0 Å². The Morgan fingerprint density at radius 1 is 1.53 bits per heavy atom. The molecule has 0 bridgehead atoms. The van der Waals surface area contributed by atoms with Gasteiger partial charge in [-0.3, -0.25) is 4.79 Å². The molecule has 0 spiro atoms. The van der Waals surface area contributed by atoms with E-state index in [1.807, 2.05) is 0 Å². The van der Waals surface area contributed by atoms with Crippen molar-refractivity contribution in [1.82, 2.24) is 13.3 Å². The summed E-state index contributed by atoms with van der Waals surface area (Å²) < 4.78 is 25.7. The van der Waals surface area contributed by atoms with Gasteiger partial charge in [0.25, 0.3) is 0 Å². The number of hydrogen-bond donors (Lipinski definition) is 0. The van der Waals surface area contributed by atoms with Gasteiger partial charge in [0.2, 0.25) is 0 Å². The van der Waals surface area contributed by atoms with Crippen LogP contribution in [0.3, 0.4) is 0 Å². The van der Waals surface area contributed by atoms with E-state index in [4.69, 9.17) is 0 Å². The number of rotatable bonds is 4. The quantitative estimate of drug-likeness (QED) is 0.679. The molecule has 0 aliphatic carbocycles. The molecule has 0 unspecified atom stereocenters. The minimum atomic E-state index is -3.66. The van der Waals surface area contributed by atoms with E-state index in [0.717, 1.165) is 8.28 Å². The topological polar surface area (TPSA) is 72.3 Å². The molecule has 0 radical (unpaired) electrons. The summed E-state index contributed by atoms with van der Waals surface area (Å²) in [6, 6.07) is 0. The number of imidazole rings is 1. The van der Waals surface area contributed by atoms with Gasteiger partial charge in [0.05, 0.1) is 6.20 Å². The molecule has 0 atom stereocenters. The highest BCUT2D eigenvalue weighted by Gasteiger charge is 2.23. The summed E-state index contributed by atoms with van der Waals surface area (Å²) in [7, 11) is -0.851. The van der Waals surface area contributed by atoms with Crippen molar-refractivity contribution in [2.75, 3.05) is 14.1 Å². The molecule has 0 saturated heterocycles. The summed E-state index contributed by atoms with van der Waals surface area (Å²) in [5.41, 5.74) is 0.0422. The SMILES string of the molecule is CCc1ncc(C=O)n1S(=O)(=O)N(C)C. The Labute approximate surface area is 88.7 Å². The fourth-order valence-corrected chi connectivity index (χ4v) is 2.26. The van der Waals surface area contributed by atoms with Crippen LogP contribution < -0.4 is 0 Å². The molecule has 1 aromatic heterocycles. The number of aldehydes is 1. The van der Waals surface area contributed by atoms with Gasteiger partial charge in [-0.2, -0.15) is 12.7 Å². The molecule has 0 fully saturated rings. The van der Waals surface area contributed by atoms with E-state index in [1.165, 1.54) is 20.3 Å². The van der Waals surface area contributed by atoms with Gasteiger partial charge in [-0.15, -0.1) is 0 Å². The van der Waals surface area contributed by atoms with Crippen molar-refractivity contribution in [2.24, 2.45) is 0 Å². The molecule has 84 valence electrons. The zero-order valence-electron chi connectivity index (χ0n) is 8.84. The maximum Gasteiger partial charge on any atom is 0.309 e. The predicted octanol–water partition coefficient (Wildman–Crippen LogP) is -0.0875. The van der Waals surface area contributed by atoms with Gasteiger partial charge in [-0.05, 0) is 0 Å². The van der Waals surface area contributed by atoms with Crippen molar-refractivity contribution < 1.29 is 13.2 Å². The largest absolute Gasteiger partial charge is 0.309 e. The molecule has 0 saturated carbocycles. The monoisotopic (exact) mass is 231 g/mol. The van der Waals surface area contributed by atoms with Crippen LogP contribution in [0.2, 0.25) is 0 Å². The van der Waals surface area contributed by atoms with Crippen LogP contribution in [0.5, 0.6) is 0 Å². The third kappa shape index (κ3) is 1.93. The first kappa shape index (κ1) is 11.9. The van der Waals surface area contributed by atoms with E-state index in [0.29, 0.717) is 18.5 Å². The van der Waals surface area contributed by atoms with Crippen molar-refractivity contribution in [1.29, 1.82) is 0 Å². The summed E-state index contributed by atoms with van der Waals surface area (Å²) in [6.07, 6.45) is 2.18. The summed E-state index contributed by atoms with van der Waals surface area (Å²) in [5.74, 6) is 0.353. The highest BCUT2D eigenvalue weighted by Crippen LogP contribution is 2.10. The number of nitrogens with zero attached hydrogens (tertiary/aromatic N) is 3. The van der Waals surface area contributed by atoms with Gasteiger partial charge in [0, 0.05) is 20.5 Å². The Morgan fingerprint density at radius 3 is 2.53 bits per heavy atom. The van der Waals surface area contributed by atoms with Gasteiger partial charge in [-0.25, -0.2) is 8.96 Å². The molecular formula is C8H13N3O3S. The average Bonchev–Trinajstić information content (AvgIpc) is 2.60.